The SMILES string of the molecule is COC(=O)C1=CN(C)[C@@H]2Nc3ccccc3[C@]12C. The van der Waals surface area contributed by atoms with Crippen LogP contribution in [0, 0.1) is 0 Å². The van der Waals surface area contributed by atoms with Gasteiger partial charge in [0.25, 0.3) is 0 Å². The van der Waals surface area contributed by atoms with Crippen molar-refractivity contribution in [1.82, 2.24) is 4.90 Å². The summed E-state index contributed by atoms with van der Waals surface area (Å²) in [6.07, 6.45) is 1.95. The number of esters is 1. The number of methoxy groups -OCH3 is 1. The molecule has 0 spiro atoms. The van der Waals surface area contributed by atoms with Gasteiger partial charge in [-0.1, -0.05) is 18.2 Å². The van der Waals surface area contributed by atoms with E-state index in [-0.39, 0.29) is 17.6 Å². The van der Waals surface area contributed by atoms with E-state index in [1.807, 2.05) is 36.3 Å². The quantitative estimate of drug-likeness (QED) is 0.763. The Hall–Kier alpha value is -1.97. The van der Waals surface area contributed by atoms with Gasteiger partial charge in [-0.25, -0.2) is 4.79 Å². The number of fused-ring (bicyclic) bond motifs is 3. The Morgan fingerprint density at radius 2 is 2.17 bits per heavy atom. The number of rotatable bonds is 1. The van der Waals surface area contributed by atoms with Gasteiger partial charge < -0.3 is 15.0 Å². The van der Waals surface area contributed by atoms with E-state index < -0.39 is 0 Å². The van der Waals surface area contributed by atoms with Gasteiger partial charge in [-0.05, 0) is 18.6 Å². The zero-order chi connectivity index (χ0) is 12.9. The van der Waals surface area contributed by atoms with E-state index in [1.165, 1.54) is 7.11 Å². The first-order valence-corrected chi connectivity index (χ1v) is 5.97. The van der Waals surface area contributed by atoms with Crippen molar-refractivity contribution in [2.75, 3.05) is 19.5 Å². The fraction of sp³-hybridized carbons (Fsp3) is 0.357. The highest BCUT2D eigenvalue weighted by Gasteiger charge is 2.53. The summed E-state index contributed by atoms with van der Waals surface area (Å²) in [7, 11) is 3.39. The Balaban J connectivity index is 2.16. The van der Waals surface area contributed by atoms with Gasteiger partial charge in [-0.3, -0.25) is 0 Å². The van der Waals surface area contributed by atoms with Crippen LogP contribution in [0.5, 0.6) is 0 Å². The molecule has 4 nitrogen and oxygen atoms in total. The lowest BCUT2D eigenvalue weighted by atomic mass is 9.77. The molecule has 2 atom stereocenters. The summed E-state index contributed by atoms with van der Waals surface area (Å²) in [4.78, 5) is 14.0. The first-order valence-electron chi connectivity index (χ1n) is 5.97. The van der Waals surface area contributed by atoms with Gasteiger partial charge in [0.2, 0.25) is 0 Å². The van der Waals surface area contributed by atoms with Crippen molar-refractivity contribution >= 4 is 11.7 Å². The van der Waals surface area contributed by atoms with Crippen LogP contribution in [0.15, 0.2) is 36.0 Å². The third-order valence-corrected chi connectivity index (χ3v) is 4.03. The average Bonchev–Trinajstić information content (AvgIpc) is 2.82. The van der Waals surface area contributed by atoms with Crippen LogP contribution in [0.4, 0.5) is 5.69 Å². The van der Waals surface area contributed by atoms with Crippen molar-refractivity contribution in [1.29, 1.82) is 0 Å². The number of likely N-dealkylation sites (N-methyl/N-ethyl adjacent to an activating group) is 1. The first kappa shape index (κ1) is 11.1. The maximum Gasteiger partial charge on any atom is 0.336 e. The monoisotopic (exact) mass is 244 g/mol. The Bertz CT molecular complexity index is 552. The lowest BCUT2D eigenvalue weighted by molar-refractivity contribution is -0.136. The Morgan fingerprint density at radius 1 is 1.44 bits per heavy atom. The maximum absolute atomic E-state index is 12.0. The van der Waals surface area contributed by atoms with Crippen molar-refractivity contribution in [2.45, 2.75) is 18.5 Å². The smallest absolute Gasteiger partial charge is 0.336 e. The van der Waals surface area contributed by atoms with Gasteiger partial charge in [0.1, 0.15) is 6.17 Å². The summed E-state index contributed by atoms with van der Waals surface area (Å²) in [5.74, 6) is -0.259. The number of anilines is 1. The second-order valence-corrected chi connectivity index (χ2v) is 4.99. The standard InChI is InChI=1S/C14H16N2O2/c1-14-9-6-4-5-7-11(9)15-13(14)16(2)8-10(14)12(17)18-3/h4-8,13,15H,1-3H3/t13-,14+/m0/s1. The number of hydrogen-bond acceptors (Lipinski definition) is 4. The molecule has 0 aromatic heterocycles. The highest BCUT2D eigenvalue weighted by Crippen LogP contribution is 2.50. The molecule has 4 heteroatoms. The molecule has 0 amide bonds. The van der Waals surface area contributed by atoms with Crippen LogP contribution in [0.2, 0.25) is 0 Å². The molecule has 1 N–H and O–H groups in total. The highest BCUT2D eigenvalue weighted by atomic mass is 16.5. The van der Waals surface area contributed by atoms with E-state index in [1.54, 1.807) is 0 Å². The Kier molecular flexibility index (Phi) is 2.17. The van der Waals surface area contributed by atoms with Crippen LogP contribution in [-0.2, 0) is 14.9 Å². The molecule has 0 radical (unpaired) electrons. The predicted octanol–water partition coefficient (Wildman–Crippen LogP) is 1.70. The van der Waals surface area contributed by atoms with Crippen molar-refractivity contribution in [3.05, 3.63) is 41.6 Å². The lowest BCUT2D eigenvalue weighted by Crippen LogP contribution is -2.42. The largest absolute Gasteiger partial charge is 0.466 e. The summed E-state index contributed by atoms with van der Waals surface area (Å²) in [6, 6.07) is 8.11. The van der Waals surface area contributed by atoms with Crippen LogP contribution >= 0.6 is 0 Å². The number of carbonyl (C=O) groups is 1. The minimum atomic E-state index is -0.349. The third-order valence-electron chi connectivity index (χ3n) is 4.03. The number of hydrogen-bond donors (Lipinski definition) is 1. The topological polar surface area (TPSA) is 41.6 Å². The molecule has 94 valence electrons. The molecule has 18 heavy (non-hydrogen) atoms. The summed E-state index contributed by atoms with van der Waals surface area (Å²) < 4.78 is 4.91. The fourth-order valence-electron chi connectivity index (χ4n) is 3.09. The van der Waals surface area contributed by atoms with Crippen molar-refractivity contribution in [3.8, 4) is 0 Å². The normalized spacial score (nSPS) is 28.3. The lowest BCUT2D eigenvalue weighted by Gasteiger charge is -2.30. The van der Waals surface area contributed by atoms with Crippen LogP contribution in [-0.4, -0.2) is 31.2 Å². The van der Waals surface area contributed by atoms with Gasteiger partial charge in [-0.2, -0.15) is 0 Å². The minimum absolute atomic E-state index is 0.0731. The van der Waals surface area contributed by atoms with Crippen LogP contribution < -0.4 is 5.32 Å². The third kappa shape index (κ3) is 1.17. The molecule has 0 fully saturated rings. The van der Waals surface area contributed by atoms with Crippen molar-refractivity contribution in [3.63, 3.8) is 0 Å². The van der Waals surface area contributed by atoms with E-state index >= 15 is 0 Å². The van der Waals surface area contributed by atoms with Crippen molar-refractivity contribution < 1.29 is 9.53 Å². The molecular weight excluding hydrogens is 228 g/mol. The first-order chi connectivity index (χ1) is 8.59. The highest BCUT2D eigenvalue weighted by molar-refractivity contribution is 5.94. The van der Waals surface area contributed by atoms with E-state index in [9.17, 15) is 4.79 Å². The molecule has 0 saturated carbocycles. The molecular formula is C14H16N2O2. The zero-order valence-electron chi connectivity index (χ0n) is 10.7. The number of carbonyl (C=O) groups excluding carboxylic acids is 1. The molecule has 3 rings (SSSR count). The molecule has 1 aromatic carbocycles. The fourth-order valence-corrected chi connectivity index (χ4v) is 3.09. The van der Waals surface area contributed by atoms with Crippen LogP contribution in [0.25, 0.3) is 0 Å². The van der Waals surface area contributed by atoms with E-state index in [2.05, 4.69) is 18.3 Å². The van der Waals surface area contributed by atoms with Gasteiger partial charge in [-0.15, -0.1) is 0 Å². The summed E-state index contributed by atoms with van der Waals surface area (Å²) in [6.45, 7) is 2.09. The molecule has 0 saturated heterocycles. The van der Waals surface area contributed by atoms with Gasteiger partial charge in [0, 0.05) is 18.9 Å². The number of ether oxygens (including phenoxy) is 1. The van der Waals surface area contributed by atoms with E-state index in [0.29, 0.717) is 5.57 Å². The summed E-state index contributed by atoms with van der Waals surface area (Å²) in [5.41, 5.74) is 2.59. The Morgan fingerprint density at radius 3 is 2.89 bits per heavy atom. The minimum Gasteiger partial charge on any atom is -0.466 e. The molecule has 2 aliphatic heterocycles. The number of nitrogens with zero attached hydrogens (tertiary/aromatic N) is 1. The van der Waals surface area contributed by atoms with Gasteiger partial charge in [0.05, 0.1) is 18.1 Å². The number of para-hydroxylation sites is 1. The van der Waals surface area contributed by atoms with E-state index in [4.69, 9.17) is 4.74 Å². The molecule has 0 bridgehead atoms. The van der Waals surface area contributed by atoms with Gasteiger partial charge in [0.15, 0.2) is 0 Å². The average molecular weight is 244 g/mol. The van der Waals surface area contributed by atoms with E-state index in [0.717, 1.165) is 11.3 Å². The number of nitrogens with one attached hydrogen (secondary N) is 1. The number of benzene rings is 1. The molecule has 0 aliphatic carbocycles. The predicted molar refractivity (Wildman–Crippen MR) is 69.1 cm³/mol. The second-order valence-electron chi connectivity index (χ2n) is 4.99. The molecule has 0 unspecified atom stereocenters. The molecule has 2 aliphatic rings. The molecule has 2 heterocycles. The van der Waals surface area contributed by atoms with Crippen LogP contribution in [0.1, 0.15) is 12.5 Å². The van der Waals surface area contributed by atoms with Crippen molar-refractivity contribution in [2.24, 2.45) is 0 Å². The summed E-state index contributed by atoms with van der Waals surface area (Å²) in [5, 5.41) is 3.46. The maximum atomic E-state index is 12.0. The van der Waals surface area contributed by atoms with Crippen LogP contribution in [0.3, 0.4) is 0 Å². The zero-order valence-corrected chi connectivity index (χ0v) is 10.7. The van der Waals surface area contributed by atoms with Gasteiger partial charge >= 0.3 is 5.97 Å². The summed E-state index contributed by atoms with van der Waals surface area (Å²) >= 11 is 0. The molecule has 1 aromatic rings. The second kappa shape index (κ2) is 3.51. The Labute approximate surface area is 106 Å².